The number of benzene rings is 1. The lowest BCUT2D eigenvalue weighted by molar-refractivity contribution is -0.154. The van der Waals surface area contributed by atoms with E-state index in [9.17, 15) is 24.0 Å². The summed E-state index contributed by atoms with van der Waals surface area (Å²) in [5.74, 6) is -0.532. The molecule has 0 aliphatic heterocycles. The van der Waals surface area contributed by atoms with Crippen LogP contribution >= 0.6 is 0 Å². The number of likely N-dealkylation sites (N-methyl/N-ethyl adjacent to an activating group) is 1. The second-order valence-electron chi connectivity index (χ2n) is 13.5. The lowest BCUT2D eigenvalue weighted by Crippen LogP contribution is -2.38. The van der Waals surface area contributed by atoms with Gasteiger partial charge in [0, 0.05) is 52.2 Å². The van der Waals surface area contributed by atoms with Crippen molar-refractivity contribution in [1.82, 2.24) is 15.5 Å². The van der Waals surface area contributed by atoms with E-state index in [0.717, 1.165) is 63.4 Å². The van der Waals surface area contributed by atoms with Gasteiger partial charge in [-0.15, -0.1) is 0 Å². The number of unbranched alkanes of at least 4 members (excludes halogenated alkanes) is 8. The molecule has 1 aromatic carbocycles. The van der Waals surface area contributed by atoms with E-state index >= 15 is 0 Å². The Morgan fingerprint density at radius 1 is 0.698 bits per heavy atom. The largest absolute Gasteiger partial charge is 0.465 e. The zero-order valence-corrected chi connectivity index (χ0v) is 32.6. The molecule has 300 valence electrons. The van der Waals surface area contributed by atoms with E-state index in [1.54, 1.807) is 20.1 Å². The highest BCUT2D eigenvalue weighted by molar-refractivity contribution is 5.87. The van der Waals surface area contributed by atoms with Gasteiger partial charge in [0.25, 0.3) is 0 Å². The molecule has 2 N–H and O–H groups in total. The molecule has 2 amide bonds. The van der Waals surface area contributed by atoms with Gasteiger partial charge in [-0.25, -0.2) is 14.4 Å². The number of methoxy groups -OCH3 is 1. The lowest BCUT2D eigenvalue weighted by atomic mass is 9.88. The first-order valence-corrected chi connectivity index (χ1v) is 19.1. The van der Waals surface area contributed by atoms with Crippen LogP contribution in [0.25, 0.3) is 6.08 Å². The first kappa shape index (κ1) is 47.1. The van der Waals surface area contributed by atoms with Crippen molar-refractivity contribution in [2.45, 2.75) is 97.3 Å². The van der Waals surface area contributed by atoms with E-state index in [1.807, 2.05) is 49.2 Å². The molecule has 53 heavy (non-hydrogen) atoms. The standard InChI is InChI=1S/C40H65N3O10/c1-5-40(31-49-4,33-53-37(46)24-23-35-20-14-12-15-21-35)32-52-36(45)22-16-9-7-11-18-26-42-39(48)51-30-28-43(3)27-29-50-38(47)41-25-17-10-6-8-13-19-34(2)44/h12,14-15,20-21,23-24H,5-11,13,16-19,22,25-33H2,1-4H3,(H,41,47)(H,42,48)/b24-23+. The van der Waals surface area contributed by atoms with Crippen molar-refractivity contribution in [1.29, 1.82) is 0 Å². The number of carbonyl (C=O) groups excluding carboxylic acids is 5. The van der Waals surface area contributed by atoms with Crippen LogP contribution in [0.2, 0.25) is 0 Å². The Morgan fingerprint density at radius 3 is 1.77 bits per heavy atom. The van der Waals surface area contributed by atoms with Crippen LogP contribution in [0.4, 0.5) is 9.59 Å². The van der Waals surface area contributed by atoms with Gasteiger partial charge in [-0.2, -0.15) is 0 Å². The molecule has 0 spiro atoms. The minimum absolute atomic E-state index is 0.0752. The van der Waals surface area contributed by atoms with Gasteiger partial charge in [-0.3, -0.25) is 9.69 Å². The number of carbonyl (C=O) groups is 5. The number of hydrogen-bond donors (Lipinski definition) is 2. The molecule has 0 fully saturated rings. The van der Waals surface area contributed by atoms with Gasteiger partial charge in [0.15, 0.2) is 0 Å². The first-order valence-electron chi connectivity index (χ1n) is 19.1. The van der Waals surface area contributed by atoms with Crippen LogP contribution in [-0.4, -0.2) is 108 Å². The second-order valence-corrected chi connectivity index (χ2v) is 13.5. The molecule has 13 nitrogen and oxygen atoms in total. The Hall–Kier alpha value is -3.97. The topological polar surface area (TPSA) is 159 Å². The van der Waals surface area contributed by atoms with Crippen LogP contribution in [0.15, 0.2) is 36.4 Å². The predicted octanol–water partition coefficient (Wildman–Crippen LogP) is 6.48. The number of Topliss-reactive ketones (excluding diaryl/α,β-unsaturated/α-hetero) is 1. The van der Waals surface area contributed by atoms with Gasteiger partial charge in [0.05, 0.1) is 12.0 Å². The van der Waals surface area contributed by atoms with Crippen LogP contribution in [0.3, 0.4) is 0 Å². The van der Waals surface area contributed by atoms with Gasteiger partial charge >= 0.3 is 24.1 Å². The molecule has 1 rings (SSSR count). The fourth-order valence-corrected chi connectivity index (χ4v) is 5.18. The number of rotatable bonds is 31. The van der Waals surface area contributed by atoms with Gasteiger partial charge in [0.2, 0.25) is 0 Å². The third-order valence-electron chi connectivity index (χ3n) is 8.69. The highest BCUT2D eigenvalue weighted by Crippen LogP contribution is 2.24. The SMILES string of the molecule is CCC(COC)(COC(=O)/C=C/c1ccccc1)COC(=O)CCCCCCCNC(=O)OCCN(C)CCOC(=O)NCCCCCCCC(C)=O. The number of ether oxygens (including phenoxy) is 5. The average molecular weight is 748 g/mol. The normalized spacial score (nSPS) is 12.2. The minimum atomic E-state index is -0.626. The van der Waals surface area contributed by atoms with E-state index in [2.05, 4.69) is 10.6 Å². The maximum Gasteiger partial charge on any atom is 0.407 e. The van der Waals surface area contributed by atoms with Crippen LogP contribution in [0, 0.1) is 5.41 Å². The summed E-state index contributed by atoms with van der Waals surface area (Å²) >= 11 is 0. The molecule has 0 bridgehead atoms. The third-order valence-corrected chi connectivity index (χ3v) is 8.69. The van der Waals surface area contributed by atoms with Crippen molar-refractivity contribution < 1.29 is 47.7 Å². The first-order chi connectivity index (χ1) is 25.6. The lowest BCUT2D eigenvalue weighted by Gasteiger charge is -2.30. The smallest absolute Gasteiger partial charge is 0.407 e. The monoisotopic (exact) mass is 747 g/mol. The molecular formula is C40H65N3O10. The van der Waals surface area contributed by atoms with Crippen molar-refractivity contribution >= 4 is 36.0 Å². The Kier molecular flexibility index (Phi) is 27.1. The van der Waals surface area contributed by atoms with E-state index in [4.69, 9.17) is 23.7 Å². The van der Waals surface area contributed by atoms with Gasteiger partial charge in [-0.1, -0.05) is 75.8 Å². The van der Waals surface area contributed by atoms with Crippen molar-refractivity contribution in [2.75, 3.05) is 73.4 Å². The van der Waals surface area contributed by atoms with Gasteiger partial charge in [-0.05, 0) is 57.7 Å². The van der Waals surface area contributed by atoms with E-state index in [-0.39, 0.29) is 44.8 Å². The summed E-state index contributed by atoms with van der Waals surface area (Å²) in [5.41, 5.74) is 0.269. The summed E-state index contributed by atoms with van der Waals surface area (Å²) in [4.78, 5) is 61.4. The van der Waals surface area contributed by atoms with Crippen LogP contribution < -0.4 is 10.6 Å². The molecule has 1 unspecified atom stereocenters. The number of amides is 2. The van der Waals surface area contributed by atoms with Crippen LogP contribution in [0.5, 0.6) is 0 Å². The third kappa shape index (κ3) is 26.4. The van der Waals surface area contributed by atoms with E-state index in [0.29, 0.717) is 51.9 Å². The minimum Gasteiger partial charge on any atom is -0.465 e. The average Bonchev–Trinajstić information content (AvgIpc) is 3.14. The summed E-state index contributed by atoms with van der Waals surface area (Å²) in [6.07, 6.45) is 12.8. The van der Waals surface area contributed by atoms with Gasteiger partial charge in [0.1, 0.15) is 32.2 Å². The molecule has 0 aliphatic rings. The molecule has 0 radical (unpaired) electrons. The number of nitrogens with zero attached hydrogens (tertiary/aromatic N) is 1. The zero-order valence-electron chi connectivity index (χ0n) is 32.6. The van der Waals surface area contributed by atoms with Crippen molar-refractivity contribution in [2.24, 2.45) is 5.41 Å². The summed E-state index contributed by atoms with van der Waals surface area (Å²) < 4.78 is 26.9. The second kappa shape index (κ2) is 30.5. The Balaban J connectivity index is 2.05. The number of ketones is 1. The Labute approximate surface area is 316 Å². The molecule has 0 aromatic heterocycles. The molecule has 0 saturated heterocycles. The van der Waals surface area contributed by atoms with Crippen molar-refractivity contribution in [3.05, 3.63) is 42.0 Å². The number of esters is 2. The van der Waals surface area contributed by atoms with Crippen LogP contribution in [0.1, 0.15) is 103 Å². The van der Waals surface area contributed by atoms with E-state index in [1.165, 1.54) is 6.08 Å². The summed E-state index contributed by atoms with van der Waals surface area (Å²) in [5, 5.41) is 5.50. The molecule has 1 atom stereocenters. The number of hydrogen-bond acceptors (Lipinski definition) is 11. The molecule has 13 heteroatoms. The number of alkyl carbamates (subject to hydrolysis) is 2. The van der Waals surface area contributed by atoms with Crippen molar-refractivity contribution in [3.63, 3.8) is 0 Å². The maximum atomic E-state index is 12.4. The quantitative estimate of drug-likeness (QED) is 0.0371. The van der Waals surface area contributed by atoms with E-state index < -0.39 is 23.6 Å². The van der Waals surface area contributed by atoms with Crippen LogP contribution in [-0.2, 0) is 38.1 Å². The van der Waals surface area contributed by atoms with Gasteiger partial charge < -0.3 is 39.1 Å². The molecule has 0 heterocycles. The zero-order chi connectivity index (χ0) is 39.0. The molecule has 0 saturated carbocycles. The maximum absolute atomic E-state index is 12.4. The summed E-state index contributed by atoms with van der Waals surface area (Å²) in [7, 11) is 3.43. The fraction of sp³-hybridized carbons (Fsp3) is 0.675. The summed E-state index contributed by atoms with van der Waals surface area (Å²) in [6, 6.07) is 9.47. The fourth-order valence-electron chi connectivity index (χ4n) is 5.18. The highest BCUT2D eigenvalue weighted by atomic mass is 16.6. The predicted molar refractivity (Wildman–Crippen MR) is 204 cm³/mol. The number of nitrogens with one attached hydrogen (secondary N) is 2. The highest BCUT2D eigenvalue weighted by Gasteiger charge is 2.32. The Bertz CT molecular complexity index is 1200. The molecule has 1 aromatic rings. The molecule has 0 aliphatic carbocycles. The Morgan fingerprint density at radius 2 is 1.23 bits per heavy atom. The van der Waals surface area contributed by atoms with Crippen molar-refractivity contribution in [3.8, 4) is 0 Å². The summed E-state index contributed by atoms with van der Waals surface area (Å²) in [6.45, 7) is 6.58. The molecular weight excluding hydrogens is 682 g/mol.